The molecule has 0 heterocycles. The van der Waals surface area contributed by atoms with E-state index < -0.39 is 0 Å². The van der Waals surface area contributed by atoms with E-state index in [1.54, 1.807) is 0 Å². The molecule has 1 aromatic carbocycles. The first kappa shape index (κ1) is 13.0. The van der Waals surface area contributed by atoms with Gasteiger partial charge in [-0.3, -0.25) is 0 Å². The van der Waals surface area contributed by atoms with Gasteiger partial charge in [-0.05, 0) is 36.6 Å². The van der Waals surface area contributed by atoms with Gasteiger partial charge in [-0.25, -0.2) is 0 Å². The fraction of sp³-hybridized carbons (Fsp3) is 0.571. The van der Waals surface area contributed by atoms with Crippen LogP contribution in [0.1, 0.15) is 38.7 Å². The van der Waals surface area contributed by atoms with Gasteiger partial charge in [-0.2, -0.15) is 0 Å². The second kappa shape index (κ2) is 7.29. The van der Waals surface area contributed by atoms with Crippen LogP contribution >= 0.6 is 0 Å². The van der Waals surface area contributed by atoms with Crippen LogP contribution < -0.4 is 10.1 Å². The zero-order valence-electron chi connectivity index (χ0n) is 10.6. The van der Waals surface area contributed by atoms with E-state index in [1.165, 1.54) is 12.0 Å². The number of hydrogen-bond donors (Lipinski definition) is 1. The largest absolute Gasteiger partial charge is 0.492 e. The number of rotatable bonds is 7. The Morgan fingerprint density at radius 1 is 1.25 bits per heavy atom. The molecule has 0 unspecified atom stereocenters. The van der Waals surface area contributed by atoms with Crippen LogP contribution in [0.2, 0.25) is 0 Å². The highest BCUT2D eigenvalue weighted by molar-refractivity contribution is 5.30. The van der Waals surface area contributed by atoms with Crippen molar-refractivity contribution in [3.63, 3.8) is 0 Å². The smallest absolute Gasteiger partial charge is 0.119 e. The number of nitrogens with one attached hydrogen (secondary N) is 1. The average molecular weight is 221 g/mol. The van der Waals surface area contributed by atoms with Crippen molar-refractivity contribution in [3.8, 4) is 5.75 Å². The highest BCUT2D eigenvalue weighted by atomic mass is 16.5. The first-order valence-corrected chi connectivity index (χ1v) is 6.17. The summed E-state index contributed by atoms with van der Waals surface area (Å²) in [6.45, 7) is 9.28. The molecule has 0 saturated heterocycles. The van der Waals surface area contributed by atoms with Crippen molar-refractivity contribution < 1.29 is 4.74 Å². The quantitative estimate of drug-likeness (QED) is 0.714. The van der Waals surface area contributed by atoms with Crippen LogP contribution in [0, 0.1) is 0 Å². The first-order valence-electron chi connectivity index (χ1n) is 6.17. The fourth-order valence-corrected chi connectivity index (χ4v) is 1.51. The van der Waals surface area contributed by atoms with E-state index in [2.05, 4.69) is 44.3 Å². The highest BCUT2D eigenvalue weighted by Crippen LogP contribution is 2.19. The molecule has 2 nitrogen and oxygen atoms in total. The number of ether oxygens (including phenoxy) is 1. The molecule has 0 saturated carbocycles. The second-order valence-electron chi connectivity index (χ2n) is 4.33. The zero-order valence-corrected chi connectivity index (χ0v) is 10.6. The van der Waals surface area contributed by atoms with Crippen LogP contribution in [0.25, 0.3) is 0 Å². The predicted molar refractivity (Wildman–Crippen MR) is 69.2 cm³/mol. The molecule has 1 rings (SSSR count). The van der Waals surface area contributed by atoms with E-state index >= 15 is 0 Å². The normalized spacial score (nSPS) is 10.8. The van der Waals surface area contributed by atoms with Gasteiger partial charge in [0.05, 0.1) is 0 Å². The van der Waals surface area contributed by atoms with Crippen molar-refractivity contribution in [3.05, 3.63) is 29.8 Å². The van der Waals surface area contributed by atoms with Crippen LogP contribution in [0.5, 0.6) is 5.75 Å². The highest BCUT2D eigenvalue weighted by Gasteiger charge is 2.00. The molecule has 0 aliphatic heterocycles. The molecule has 0 atom stereocenters. The van der Waals surface area contributed by atoms with Crippen LogP contribution in [0.4, 0.5) is 0 Å². The number of hydrogen-bond acceptors (Lipinski definition) is 2. The summed E-state index contributed by atoms with van der Waals surface area (Å²) in [6.07, 6.45) is 1.17. The van der Waals surface area contributed by atoms with Gasteiger partial charge in [0.25, 0.3) is 0 Å². The molecular formula is C14H23NO. The average Bonchev–Trinajstić information content (AvgIpc) is 2.29. The Kier molecular flexibility index (Phi) is 5.94. The third-order valence-electron chi connectivity index (χ3n) is 2.50. The van der Waals surface area contributed by atoms with Crippen LogP contribution in [0.15, 0.2) is 24.3 Å². The molecular weight excluding hydrogens is 198 g/mol. The topological polar surface area (TPSA) is 21.3 Å². The predicted octanol–water partition coefficient (Wildman–Crippen LogP) is 3.19. The van der Waals surface area contributed by atoms with Crippen molar-refractivity contribution in [1.82, 2.24) is 5.32 Å². The Hall–Kier alpha value is -1.02. The molecule has 0 aliphatic carbocycles. The van der Waals surface area contributed by atoms with Crippen molar-refractivity contribution >= 4 is 0 Å². The third kappa shape index (κ3) is 4.67. The lowest BCUT2D eigenvalue weighted by Crippen LogP contribution is -2.21. The molecule has 0 fully saturated rings. The van der Waals surface area contributed by atoms with Gasteiger partial charge < -0.3 is 10.1 Å². The molecule has 0 radical (unpaired) electrons. The van der Waals surface area contributed by atoms with Crippen LogP contribution in [-0.2, 0) is 0 Å². The summed E-state index contributed by atoms with van der Waals surface area (Å²) in [5.41, 5.74) is 1.33. The molecule has 0 spiro atoms. The van der Waals surface area contributed by atoms with Crippen molar-refractivity contribution in [2.45, 2.75) is 33.1 Å². The summed E-state index contributed by atoms with van der Waals surface area (Å²) in [5, 5.41) is 3.32. The van der Waals surface area contributed by atoms with Gasteiger partial charge >= 0.3 is 0 Å². The maximum atomic E-state index is 5.68. The van der Waals surface area contributed by atoms with Crippen LogP contribution in [0.3, 0.4) is 0 Å². The van der Waals surface area contributed by atoms with Gasteiger partial charge in [0.1, 0.15) is 12.4 Å². The standard InChI is InChI=1S/C14H23NO/c1-4-8-15-9-10-16-14-7-5-6-13(11-14)12(2)3/h5-7,11-12,15H,4,8-10H2,1-3H3. The van der Waals surface area contributed by atoms with E-state index in [9.17, 15) is 0 Å². The minimum Gasteiger partial charge on any atom is -0.492 e. The lowest BCUT2D eigenvalue weighted by molar-refractivity contribution is 0.314. The second-order valence-corrected chi connectivity index (χ2v) is 4.33. The lowest BCUT2D eigenvalue weighted by atomic mass is 10.0. The lowest BCUT2D eigenvalue weighted by Gasteiger charge is -2.10. The minimum atomic E-state index is 0.557. The van der Waals surface area contributed by atoms with Crippen molar-refractivity contribution in [2.75, 3.05) is 19.7 Å². The molecule has 2 heteroatoms. The Labute approximate surface area is 99.0 Å². The maximum Gasteiger partial charge on any atom is 0.119 e. The van der Waals surface area contributed by atoms with Crippen molar-refractivity contribution in [1.29, 1.82) is 0 Å². The van der Waals surface area contributed by atoms with Gasteiger partial charge in [-0.15, -0.1) is 0 Å². The van der Waals surface area contributed by atoms with Gasteiger partial charge in [0, 0.05) is 6.54 Å². The summed E-state index contributed by atoms with van der Waals surface area (Å²) in [6, 6.07) is 8.35. The first-order chi connectivity index (χ1) is 7.74. The molecule has 0 aliphatic rings. The van der Waals surface area contributed by atoms with Crippen molar-refractivity contribution in [2.24, 2.45) is 0 Å². The summed E-state index contributed by atoms with van der Waals surface area (Å²) in [7, 11) is 0. The van der Waals surface area contributed by atoms with E-state index in [0.717, 1.165) is 25.4 Å². The SMILES string of the molecule is CCCNCCOc1cccc(C(C)C)c1. The van der Waals surface area contributed by atoms with E-state index in [-0.39, 0.29) is 0 Å². The summed E-state index contributed by atoms with van der Waals surface area (Å²) in [5.74, 6) is 1.53. The number of benzene rings is 1. The Balaban J connectivity index is 2.33. The summed E-state index contributed by atoms with van der Waals surface area (Å²) >= 11 is 0. The Morgan fingerprint density at radius 2 is 2.06 bits per heavy atom. The van der Waals surface area contributed by atoms with Crippen LogP contribution in [-0.4, -0.2) is 19.7 Å². The van der Waals surface area contributed by atoms with Gasteiger partial charge in [-0.1, -0.05) is 32.9 Å². The molecule has 0 amide bonds. The third-order valence-corrected chi connectivity index (χ3v) is 2.50. The summed E-state index contributed by atoms with van der Waals surface area (Å²) < 4.78 is 5.68. The fourth-order valence-electron chi connectivity index (χ4n) is 1.51. The molecule has 1 N–H and O–H groups in total. The monoisotopic (exact) mass is 221 g/mol. The minimum absolute atomic E-state index is 0.557. The summed E-state index contributed by atoms with van der Waals surface area (Å²) in [4.78, 5) is 0. The zero-order chi connectivity index (χ0) is 11.8. The van der Waals surface area contributed by atoms with Gasteiger partial charge in [0.2, 0.25) is 0 Å². The van der Waals surface area contributed by atoms with E-state index in [1.807, 2.05) is 6.07 Å². The van der Waals surface area contributed by atoms with E-state index in [0.29, 0.717) is 5.92 Å². The Morgan fingerprint density at radius 3 is 2.75 bits per heavy atom. The molecule has 0 bridgehead atoms. The molecule has 90 valence electrons. The molecule has 16 heavy (non-hydrogen) atoms. The van der Waals surface area contributed by atoms with E-state index in [4.69, 9.17) is 4.74 Å². The van der Waals surface area contributed by atoms with Gasteiger partial charge in [0.15, 0.2) is 0 Å². The molecule has 1 aromatic rings. The Bertz CT molecular complexity index is 297. The maximum absolute atomic E-state index is 5.68. The molecule has 0 aromatic heterocycles.